The van der Waals surface area contributed by atoms with Crippen LogP contribution in [0.5, 0.6) is 11.5 Å². The average molecular weight is 609 g/mol. The number of carbonyl (C=O) groups excluding carboxylic acids is 1. The molecule has 10 nitrogen and oxygen atoms in total. The molecule has 2 aromatic heterocycles. The summed E-state index contributed by atoms with van der Waals surface area (Å²) in [6.07, 6.45) is 8.84. The van der Waals surface area contributed by atoms with E-state index in [1.165, 1.54) is 12.4 Å². The van der Waals surface area contributed by atoms with Crippen molar-refractivity contribution < 1.29 is 13.9 Å². The summed E-state index contributed by atoms with van der Waals surface area (Å²) >= 11 is 0. The van der Waals surface area contributed by atoms with Crippen LogP contribution in [0.2, 0.25) is 0 Å². The fraction of sp³-hybridized carbons (Fsp3) is 0.382. The maximum atomic E-state index is 15.6. The number of carbonyl (C=O) groups is 1. The number of nitrogens with zero attached hydrogens (tertiary/aromatic N) is 7. The zero-order valence-electron chi connectivity index (χ0n) is 25.6. The molecule has 4 aromatic rings. The number of anilines is 1. The summed E-state index contributed by atoms with van der Waals surface area (Å²) in [6.45, 7) is 1.67. The van der Waals surface area contributed by atoms with Gasteiger partial charge in [0, 0.05) is 36.7 Å². The molecule has 2 N–H and O–H groups in total. The normalized spacial score (nSPS) is 18.3. The minimum Gasteiger partial charge on any atom is -0.457 e. The van der Waals surface area contributed by atoms with Crippen LogP contribution >= 0.6 is 0 Å². The van der Waals surface area contributed by atoms with Crippen LogP contribution in [0.4, 0.5) is 10.2 Å². The van der Waals surface area contributed by atoms with Crippen molar-refractivity contribution in [3.8, 4) is 28.8 Å². The van der Waals surface area contributed by atoms with E-state index in [0.717, 1.165) is 45.1 Å². The van der Waals surface area contributed by atoms with Crippen molar-refractivity contribution >= 4 is 22.8 Å². The Morgan fingerprint density at radius 2 is 1.93 bits per heavy atom. The van der Waals surface area contributed by atoms with Gasteiger partial charge in [-0.15, -0.1) is 0 Å². The number of amides is 1. The van der Waals surface area contributed by atoms with E-state index in [-0.39, 0.29) is 34.3 Å². The van der Waals surface area contributed by atoms with Crippen LogP contribution in [0, 0.1) is 22.6 Å². The Morgan fingerprint density at radius 1 is 1.16 bits per heavy atom. The fourth-order valence-corrected chi connectivity index (χ4v) is 6.83. The molecule has 11 heteroatoms. The Hall–Kier alpha value is -4.82. The lowest BCUT2D eigenvalue weighted by molar-refractivity contribution is -0.128. The molecular weight excluding hydrogens is 571 g/mol. The van der Waals surface area contributed by atoms with Gasteiger partial charge in [-0.3, -0.25) is 4.79 Å². The number of hydrogen-bond donors (Lipinski definition) is 1. The summed E-state index contributed by atoms with van der Waals surface area (Å²) in [5.41, 5.74) is 7.35. The smallest absolute Gasteiger partial charge is 0.264 e. The highest BCUT2D eigenvalue weighted by molar-refractivity contribution is 5.99. The summed E-state index contributed by atoms with van der Waals surface area (Å²) in [5, 5.41) is 15.4. The third kappa shape index (κ3) is 6.24. The van der Waals surface area contributed by atoms with E-state index in [4.69, 9.17) is 15.6 Å². The van der Waals surface area contributed by atoms with Gasteiger partial charge in [0.05, 0.1) is 11.4 Å². The van der Waals surface area contributed by atoms with Gasteiger partial charge in [-0.2, -0.15) is 10.4 Å². The molecule has 0 spiro atoms. The van der Waals surface area contributed by atoms with E-state index in [0.29, 0.717) is 41.3 Å². The molecule has 1 aliphatic heterocycles. The molecule has 45 heavy (non-hydrogen) atoms. The van der Waals surface area contributed by atoms with Crippen LogP contribution in [-0.2, 0) is 4.79 Å². The van der Waals surface area contributed by atoms with Crippen molar-refractivity contribution in [1.82, 2.24) is 29.5 Å². The molecule has 1 aliphatic carbocycles. The Labute approximate surface area is 261 Å². The van der Waals surface area contributed by atoms with Crippen LogP contribution in [0.25, 0.3) is 22.3 Å². The number of nitriles is 1. The Bertz CT molecular complexity index is 1770. The largest absolute Gasteiger partial charge is 0.457 e. The zero-order chi connectivity index (χ0) is 31.6. The Morgan fingerprint density at radius 3 is 2.64 bits per heavy atom. The molecule has 3 heterocycles. The molecule has 0 bridgehead atoms. The molecule has 6 rings (SSSR count). The first-order valence-corrected chi connectivity index (χ1v) is 15.4. The van der Waals surface area contributed by atoms with Gasteiger partial charge >= 0.3 is 0 Å². The minimum absolute atomic E-state index is 0.174. The van der Waals surface area contributed by atoms with Crippen LogP contribution in [0.1, 0.15) is 44.6 Å². The number of para-hydroxylation sites is 1. The number of likely N-dealkylation sites (tertiary alicyclic amines) is 1. The first-order chi connectivity index (χ1) is 21.8. The zero-order valence-corrected chi connectivity index (χ0v) is 25.6. The number of rotatable bonds is 8. The van der Waals surface area contributed by atoms with Gasteiger partial charge in [-0.05, 0) is 64.0 Å². The number of ether oxygens (including phenoxy) is 1. The van der Waals surface area contributed by atoms with Crippen molar-refractivity contribution in [3.05, 3.63) is 72.3 Å². The number of hydrogen-bond acceptors (Lipinski definition) is 8. The van der Waals surface area contributed by atoms with Crippen molar-refractivity contribution in [2.24, 2.45) is 5.41 Å². The number of benzene rings is 2. The predicted molar refractivity (Wildman–Crippen MR) is 170 cm³/mol. The minimum atomic E-state index is -0.527. The van der Waals surface area contributed by atoms with Gasteiger partial charge in [0.15, 0.2) is 5.65 Å². The highest BCUT2D eigenvalue weighted by atomic mass is 19.1. The molecular formula is C34H37FN8O2. The van der Waals surface area contributed by atoms with Gasteiger partial charge in [-0.25, -0.2) is 19.0 Å². The predicted octanol–water partition coefficient (Wildman–Crippen LogP) is 5.74. The molecule has 1 saturated carbocycles. The summed E-state index contributed by atoms with van der Waals surface area (Å²) in [7, 11) is 4.05. The van der Waals surface area contributed by atoms with Gasteiger partial charge in [0.2, 0.25) is 0 Å². The number of aromatic nitrogens is 4. The van der Waals surface area contributed by atoms with Crippen molar-refractivity contribution in [3.63, 3.8) is 0 Å². The Kier molecular flexibility index (Phi) is 8.50. The van der Waals surface area contributed by atoms with Crippen LogP contribution in [0.15, 0.2) is 66.5 Å². The second kappa shape index (κ2) is 12.7. The van der Waals surface area contributed by atoms with Crippen molar-refractivity contribution in [2.75, 3.05) is 39.5 Å². The molecule has 232 valence electrons. The van der Waals surface area contributed by atoms with Crippen LogP contribution < -0.4 is 10.5 Å². The second-order valence-corrected chi connectivity index (χ2v) is 12.3. The van der Waals surface area contributed by atoms with E-state index >= 15 is 4.39 Å². The van der Waals surface area contributed by atoms with E-state index in [9.17, 15) is 10.1 Å². The maximum absolute atomic E-state index is 15.6. The summed E-state index contributed by atoms with van der Waals surface area (Å²) < 4.78 is 23.2. The third-order valence-electron chi connectivity index (χ3n) is 8.75. The number of piperidine rings is 1. The number of nitrogens with two attached hydrogens (primary N) is 1. The number of nitrogen functional groups attached to an aromatic ring is 1. The maximum Gasteiger partial charge on any atom is 0.264 e. The molecule has 2 aromatic carbocycles. The quantitative estimate of drug-likeness (QED) is 0.198. The first kappa shape index (κ1) is 30.2. The molecule has 1 saturated heterocycles. The van der Waals surface area contributed by atoms with Crippen LogP contribution in [-0.4, -0.2) is 69.2 Å². The second-order valence-electron chi connectivity index (χ2n) is 12.3. The lowest BCUT2D eigenvalue weighted by atomic mass is 9.83. The van der Waals surface area contributed by atoms with E-state index in [1.54, 1.807) is 33.8 Å². The molecule has 0 unspecified atom stereocenters. The average Bonchev–Trinajstić information content (AvgIpc) is 3.65. The van der Waals surface area contributed by atoms with Crippen molar-refractivity contribution in [2.45, 2.75) is 44.6 Å². The summed E-state index contributed by atoms with van der Waals surface area (Å²) in [4.78, 5) is 26.3. The van der Waals surface area contributed by atoms with Gasteiger partial charge in [0.25, 0.3) is 5.91 Å². The molecule has 0 radical (unpaired) electrons. The van der Waals surface area contributed by atoms with Crippen LogP contribution in [0.3, 0.4) is 0 Å². The van der Waals surface area contributed by atoms with E-state index in [2.05, 4.69) is 20.9 Å². The highest BCUT2D eigenvalue weighted by Gasteiger charge is 2.36. The van der Waals surface area contributed by atoms with E-state index < -0.39 is 5.82 Å². The summed E-state index contributed by atoms with van der Waals surface area (Å²) in [6, 6.07) is 15.7. The molecule has 1 atom stereocenters. The number of fused-ring (bicyclic) bond motifs is 1. The lowest BCUT2D eigenvalue weighted by Crippen LogP contribution is -2.42. The lowest BCUT2D eigenvalue weighted by Gasteiger charge is -2.34. The molecule has 1 amide bonds. The highest BCUT2D eigenvalue weighted by Crippen LogP contribution is 2.41. The first-order valence-electron chi connectivity index (χ1n) is 15.4. The van der Waals surface area contributed by atoms with Crippen molar-refractivity contribution in [1.29, 1.82) is 5.26 Å². The topological polar surface area (TPSA) is 126 Å². The monoisotopic (exact) mass is 608 g/mol. The summed E-state index contributed by atoms with van der Waals surface area (Å²) in [5.74, 6) is 0.340. The standard InChI is InChI=1S/C34H37FN8O2/c1-41(2)21-34(14-6-7-15-34)18-23(19-36)33(44)42-16-8-9-24(20-42)43-32-29(31(37)38-22-39-32)30(40-43)27-13-12-26(17-28(27)35)45-25-10-4-3-5-11-25/h3-5,10-13,17-18,22,24H,6-9,14-16,20-21H2,1-2H3,(H2,37,38,39)/b23-18+/t24-/m1/s1. The van der Waals surface area contributed by atoms with E-state index in [1.807, 2.05) is 38.4 Å². The SMILES string of the molecule is CN(C)CC1(/C=C(\C#N)C(=O)N2CCC[C@@H](n3nc(-c4ccc(Oc5ccccc5)cc4F)c4c(N)ncnc43)C2)CCCC1. The Balaban J connectivity index is 1.30. The van der Waals surface area contributed by atoms with Gasteiger partial charge < -0.3 is 20.3 Å². The number of halogens is 1. The fourth-order valence-electron chi connectivity index (χ4n) is 6.83. The molecule has 2 aliphatic rings. The molecule has 2 fully saturated rings. The third-order valence-corrected chi connectivity index (χ3v) is 8.75. The van der Waals surface area contributed by atoms with Gasteiger partial charge in [0.1, 0.15) is 46.8 Å². The van der Waals surface area contributed by atoms with Gasteiger partial charge in [-0.1, -0.05) is 37.1 Å².